The summed E-state index contributed by atoms with van der Waals surface area (Å²) in [5.74, 6) is 0.125. The Morgan fingerprint density at radius 2 is 1.36 bits per heavy atom. The Balaban J connectivity index is 1.35. The number of piperazine rings is 1. The molecule has 3 aromatic rings. The first-order chi connectivity index (χ1) is 13.7. The predicted molar refractivity (Wildman–Crippen MR) is 117 cm³/mol. The molecule has 1 fully saturated rings. The molecule has 1 aliphatic heterocycles. The summed E-state index contributed by atoms with van der Waals surface area (Å²) in [7, 11) is 0. The van der Waals surface area contributed by atoms with Gasteiger partial charge >= 0.3 is 0 Å². The van der Waals surface area contributed by atoms with E-state index in [0.717, 1.165) is 48.3 Å². The number of nitrogens with zero attached hydrogens (tertiary/aromatic N) is 2. The van der Waals surface area contributed by atoms with Crippen molar-refractivity contribution in [1.82, 2.24) is 9.80 Å². The van der Waals surface area contributed by atoms with E-state index in [1.807, 2.05) is 53.4 Å². The second kappa shape index (κ2) is 8.72. The zero-order chi connectivity index (χ0) is 19.3. The molecule has 1 amide bonds. The van der Waals surface area contributed by atoms with Crippen LogP contribution in [0.25, 0.3) is 11.1 Å². The number of hydrogen-bond acceptors (Lipinski definition) is 2. The monoisotopic (exact) mass is 434 g/mol. The van der Waals surface area contributed by atoms with E-state index in [4.69, 9.17) is 0 Å². The van der Waals surface area contributed by atoms with E-state index >= 15 is 0 Å². The summed E-state index contributed by atoms with van der Waals surface area (Å²) in [6, 6.07) is 26.5. The number of amides is 1. The topological polar surface area (TPSA) is 23.6 Å². The van der Waals surface area contributed by atoms with E-state index < -0.39 is 0 Å². The number of rotatable bonds is 4. The summed E-state index contributed by atoms with van der Waals surface area (Å²) in [6.45, 7) is 4.24. The second-order valence-electron chi connectivity index (χ2n) is 7.10. The number of halogens is 1. The molecule has 0 spiro atoms. The van der Waals surface area contributed by atoms with Gasteiger partial charge in [-0.25, -0.2) is 0 Å². The maximum atomic E-state index is 12.9. The third-order valence-corrected chi connectivity index (χ3v) is 6.02. The van der Waals surface area contributed by atoms with Gasteiger partial charge in [0.2, 0.25) is 0 Å². The van der Waals surface area contributed by atoms with Gasteiger partial charge in [-0.1, -0.05) is 76.6 Å². The average molecular weight is 435 g/mol. The van der Waals surface area contributed by atoms with Gasteiger partial charge in [0, 0.05) is 42.8 Å². The number of carbonyl (C=O) groups is 1. The van der Waals surface area contributed by atoms with Crippen LogP contribution >= 0.6 is 15.9 Å². The fraction of sp³-hybridized carbons (Fsp3) is 0.208. The normalized spacial score (nSPS) is 14.8. The molecule has 0 saturated carbocycles. The third-order valence-electron chi connectivity index (χ3n) is 5.25. The molecule has 1 aliphatic rings. The quantitative estimate of drug-likeness (QED) is 0.571. The fourth-order valence-corrected chi connectivity index (χ4v) is 4.01. The fourth-order valence-electron chi connectivity index (χ4n) is 3.60. The minimum Gasteiger partial charge on any atom is -0.336 e. The van der Waals surface area contributed by atoms with Crippen LogP contribution in [0, 0.1) is 0 Å². The Morgan fingerprint density at radius 1 is 0.750 bits per heavy atom. The van der Waals surface area contributed by atoms with E-state index in [0.29, 0.717) is 0 Å². The zero-order valence-corrected chi connectivity index (χ0v) is 17.3. The molecule has 0 aromatic heterocycles. The van der Waals surface area contributed by atoms with E-state index in [1.54, 1.807) is 0 Å². The van der Waals surface area contributed by atoms with E-state index in [-0.39, 0.29) is 5.91 Å². The van der Waals surface area contributed by atoms with E-state index in [9.17, 15) is 4.79 Å². The Morgan fingerprint density at radius 3 is 2.04 bits per heavy atom. The van der Waals surface area contributed by atoms with Crippen molar-refractivity contribution < 1.29 is 4.79 Å². The summed E-state index contributed by atoms with van der Waals surface area (Å²) in [6.07, 6.45) is 0. The standard InChI is InChI=1S/C24H23BrN2O/c25-23-9-5-4-8-22(23)18-26-14-16-27(17-15-26)24(28)21-12-10-20(11-13-21)19-6-2-1-3-7-19/h1-13H,14-18H2. The SMILES string of the molecule is O=C(c1ccc(-c2ccccc2)cc1)N1CCN(Cc2ccccc2Br)CC1. The van der Waals surface area contributed by atoms with Gasteiger partial charge in [0.1, 0.15) is 0 Å². The lowest BCUT2D eigenvalue weighted by molar-refractivity contribution is 0.0628. The Kier molecular flexibility index (Phi) is 5.89. The lowest BCUT2D eigenvalue weighted by atomic mass is 10.0. The molecule has 0 radical (unpaired) electrons. The molecule has 0 N–H and O–H groups in total. The molecule has 0 unspecified atom stereocenters. The first kappa shape index (κ1) is 18.9. The van der Waals surface area contributed by atoms with Crippen LogP contribution in [0.5, 0.6) is 0 Å². The molecule has 0 bridgehead atoms. The molecule has 1 saturated heterocycles. The lowest BCUT2D eigenvalue weighted by Crippen LogP contribution is -2.48. The van der Waals surface area contributed by atoms with E-state index in [1.165, 1.54) is 11.1 Å². The average Bonchev–Trinajstić information content (AvgIpc) is 2.76. The van der Waals surface area contributed by atoms with Gasteiger partial charge in [-0.15, -0.1) is 0 Å². The summed E-state index contributed by atoms with van der Waals surface area (Å²) < 4.78 is 1.15. The van der Waals surface area contributed by atoms with Crippen LogP contribution in [-0.2, 0) is 6.54 Å². The lowest BCUT2D eigenvalue weighted by Gasteiger charge is -2.35. The van der Waals surface area contributed by atoms with Gasteiger partial charge in [-0.05, 0) is 34.9 Å². The summed E-state index contributed by atoms with van der Waals surface area (Å²) in [5.41, 5.74) is 4.36. The highest BCUT2D eigenvalue weighted by Crippen LogP contribution is 2.21. The molecule has 28 heavy (non-hydrogen) atoms. The highest BCUT2D eigenvalue weighted by molar-refractivity contribution is 9.10. The Hall–Kier alpha value is -2.43. The van der Waals surface area contributed by atoms with Gasteiger partial charge < -0.3 is 4.90 Å². The summed E-state index contributed by atoms with van der Waals surface area (Å²) >= 11 is 3.62. The summed E-state index contributed by atoms with van der Waals surface area (Å²) in [5, 5.41) is 0. The molecular formula is C24H23BrN2O. The van der Waals surface area contributed by atoms with Crippen LogP contribution in [0.2, 0.25) is 0 Å². The molecule has 142 valence electrons. The molecule has 4 heteroatoms. The Labute approximate surface area is 174 Å². The third kappa shape index (κ3) is 4.34. The number of hydrogen-bond donors (Lipinski definition) is 0. The van der Waals surface area contributed by atoms with Gasteiger partial charge in [-0.2, -0.15) is 0 Å². The van der Waals surface area contributed by atoms with Crippen molar-refractivity contribution in [3.05, 3.63) is 94.5 Å². The maximum Gasteiger partial charge on any atom is 0.253 e. The van der Waals surface area contributed by atoms with Crippen LogP contribution in [0.1, 0.15) is 15.9 Å². The van der Waals surface area contributed by atoms with Crippen LogP contribution in [0.4, 0.5) is 0 Å². The van der Waals surface area contributed by atoms with Crippen LogP contribution in [0.15, 0.2) is 83.3 Å². The molecule has 3 nitrogen and oxygen atoms in total. The maximum absolute atomic E-state index is 12.9. The predicted octanol–water partition coefficient (Wildman–Crippen LogP) is 5.07. The van der Waals surface area contributed by atoms with Crippen molar-refractivity contribution in [2.24, 2.45) is 0 Å². The van der Waals surface area contributed by atoms with Crippen molar-refractivity contribution in [3.8, 4) is 11.1 Å². The van der Waals surface area contributed by atoms with Gasteiger partial charge in [0.05, 0.1) is 0 Å². The van der Waals surface area contributed by atoms with Crippen LogP contribution in [-0.4, -0.2) is 41.9 Å². The summed E-state index contributed by atoms with van der Waals surface area (Å²) in [4.78, 5) is 17.2. The molecule has 1 heterocycles. The molecule has 4 rings (SSSR count). The minimum atomic E-state index is 0.125. The van der Waals surface area contributed by atoms with Gasteiger partial charge in [0.15, 0.2) is 0 Å². The van der Waals surface area contributed by atoms with Crippen LogP contribution < -0.4 is 0 Å². The van der Waals surface area contributed by atoms with Crippen molar-refractivity contribution in [2.75, 3.05) is 26.2 Å². The van der Waals surface area contributed by atoms with E-state index in [2.05, 4.69) is 51.2 Å². The minimum absolute atomic E-state index is 0.125. The smallest absolute Gasteiger partial charge is 0.253 e. The van der Waals surface area contributed by atoms with Crippen molar-refractivity contribution in [1.29, 1.82) is 0 Å². The van der Waals surface area contributed by atoms with Crippen molar-refractivity contribution in [2.45, 2.75) is 6.54 Å². The first-order valence-corrected chi connectivity index (χ1v) is 10.4. The number of carbonyl (C=O) groups excluding carboxylic acids is 1. The van der Waals surface area contributed by atoms with Crippen molar-refractivity contribution >= 4 is 21.8 Å². The molecular weight excluding hydrogens is 412 g/mol. The number of benzene rings is 3. The molecule has 3 aromatic carbocycles. The van der Waals surface area contributed by atoms with Crippen LogP contribution in [0.3, 0.4) is 0 Å². The van der Waals surface area contributed by atoms with Gasteiger partial charge in [0.25, 0.3) is 5.91 Å². The largest absolute Gasteiger partial charge is 0.336 e. The highest BCUT2D eigenvalue weighted by atomic mass is 79.9. The van der Waals surface area contributed by atoms with Gasteiger partial charge in [-0.3, -0.25) is 9.69 Å². The second-order valence-corrected chi connectivity index (χ2v) is 7.96. The van der Waals surface area contributed by atoms with Crippen molar-refractivity contribution in [3.63, 3.8) is 0 Å². The molecule has 0 aliphatic carbocycles. The molecule has 0 atom stereocenters. The highest BCUT2D eigenvalue weighted by Gasteiger charge is 2.22. The first-order valence-electron chi connectivity index (χ1n) is 9.61. The Bertz CT molecular complexity index is 932. The zero-order valence-electron chi connectivity index (χ0n) is 15.7.